The Bertz CT molecular complexity index is 790. The fraction of sp³-hybridized carbons (Fsp3) is 0.364. The van der Waals surface area contributed by atoms with Crippen LogP contribution < -0.4 is 15.4 Å². The van der Waals surface area contributed by atoms with E-state index < -0.39 is 6.09 Å². The number of nitrogens with one attached hydrogen (secondary N) is 2. The zero-order chi connectivity index (χ0) is 20.5. The molecule has 1 aliphatic carbocycles. The first kappa shape index (κ1) is 21.0. The average Bonchev–Trinajstić information content (AvgIpc) is 2.74. The van der Waals surface area contributed by atoms with Crippen molar-refractivity contribution in [3.63, 3.8) is 0 Å². The van der Waals surface area contributed by atoms with E-state index in [0.29, 0.717) is 10.8 Å². The van der Waals surface area contributed by atoms with Gasteiger partial charge in [0.25, 0.3) is 5.91 Å². The van der Waals surface area contributed by atoms with Gasteiger partial charge in [0.15, 0.2) is 6.61 Å². The Balaban J connectivity index is 1.30. The van der Waals surface area contributed by atoms with E-state index in [2.05, 4.69) is 10.6 Å². The topological polar surface area (TPSA) is 76.7 Å². The Morgan fingerprint density at radius 1 is 0.897 bits per heavy atom. The van der Waals surface area contributed by atoms with Crippen LogP contribution in [0.5, 0.6) is 5.75 Å². The molecule has 154 valence electrons. The molecule has 0 atom stereocenters. The maximum atomic E-state index is 12.1. The van der Waals surface area contributed by atoms with Crippen LogP contribution in [-0.4, -0.2) is 30.7 Å². The van der Waals surface area contributed by atoms with Crippen LogP contribution in [0.15, 0.2) is 54.6 Å². The summed E-state index contributed by atoms with van der Waals surface area (Å²) in [5, 5.41) is 6.54. The number of halogens is 1. The van der Waals surface area contributed by atoms with Gasteiger partial charge in [-0.05, 0) is 55.5 Å². The molecule has 0 aromatic heterocycles. The van der Waals surface area contributed by atoms with Crippen molar-refractivity contribution in [3.8, 4) is 5.75 Å². The Labute approximate surface area is 175 Å². The van der Waals surface area contributed by atoms with Crippen molar-refractivity contribution in [2.75, 3.05) is 6.61 Å². The van der Waals surface area contributed by atoms with Gasteiger partial charge in [-0.1, -0.05) is 41.9 Å². The molecule has 0 aliphatic heterocycles. The van der Waals surface area contributed by atoms with Gasteiger partial charge in [-0.2, -0.15) is 0 Å². The zero-order valence-corrected chi connectivity index (χ0v) is 16.9. The fourth-order valence-corrected chi connectivity index (χ4v) is 3.38. The highest BCUT2D eigenvalue weighted by Crippen LogP contribution is 2.19. The number of hydrogen-bond donors (Lipinski definition) is 2. The zero-order valence-electron chi connectivity index (χ0n) is 16.1. The molecule has 0 heterocycles. The number of ether oxygens (including phenoxy) is 2. The molecule has 0 unspecified atom stereocenters. The molecule has 0 spiro atoms. The summed E-state index contributed by atoms with van der Waals surface area (Å²) in [7, 11) is 0. The third kappa shape index (κ3) is 7.31. The molecular weight excluding hydrogens is 392 g/mol. The van der Waals surface area contributed by atoms with Crippen molar-refractivity contribution >= 4 is 23.6 Å². The summed E-state index contributed by atoms with van der Waals surface area (Å²) in [5.74, 6) is 0.542. The number of hydrogen-bond acceptors (Lipinski definition) is 4. The third-order valence-electron chi connectivity index (χ3n) is 4.81. The van der Waals surface area contributed by atoms with E-state index in [-0.39, 0.29) is 31.2 Å². The minimum Gasteiger partial charge on any atom is -0.484 e. The van der Waals surface area contributed by atoms with E-state index in [1.54, 1.807) is 12.1 Å². The largest absolute Gasteiger partial charge is 0.484 e. The summed E-state index contributed by atoms with van der Waals surface area (Å²) in [6.07, 6.45) is 2.77. The van der Waals surface area contributed by atoms with Crippen LogP contribution in [-0.2, 0) is 16.1 Å². The van der Waals surface area contributed by atoms with Crippen LogP contribution in [0, 0.1) is 0 Å². The molecule has 2 aromatic carbocycles. The van der Waals surface area contributed by atoms with Crippen molar-refractivity contribution < 1.29 is 19.1 Å². The van der Waals surface area contributed by atoms with Gasteiger partial charge >= 0.3 is 6.09 Å². The van der Waals surface area contributed by atoms with E-state index >= 15 is 0 Å². The molecule has 1 fully saturated rings. The Morgan fingerprint density at radius 3 is 2.17 bits per heavy atom. The minimum atomic E-state index is -0.427. The van der Waals surface area contributed by atoms with Gasteiger partial charge in [-0.15, -0.1) is 0 Å². The van der Waals surface area contributed by atoms with Crippen LogP contribution in [0.2, 0.25) is 5.02 Å². The highest BCUT2D eigenvalue weighted by molar-refractivity contribution is 6.30. The lowest BCUT2D eigenvalue weighted by molar-refractivity contribution is -0.124. The Morgan fingerprint density at radius 2 is 1.52 bits per heavy atom. The number of rotatable bonds is 7. The maximum Gasteiger partial charge on any atom is 0.407 e. The van der Waals surface area contributed by atoms with Crippen LogP contribution >= 0.6 is 11.6 Å². The SMILES string of the molecule is O=C(COc1ccccc1)NC1CCC(NC(=O)OCc2ccc(Cl)cc2)CC1. The second-order valence-electron chi connectivity index (χ2n) is 7.06. The molecule has 0 saturated heterocycles. The lowest BCUT2D eigenvalue weighted by atomic mass is 9.91. The molecule has 2 aromatic rings. The number of amides is 2. The lowest BCUT2D eigenvalue weighted by Gasteiger charge is -2.29. The van der Waals surface area contributed by atoms with E-state index in [1.807, 2.05) is 42.5 Å². The number of carbonyl (C=O) groups excluding carboxylic acids is 2. The van der Waals surface area contributed by atoms with Gasteiger partial charge in [-0.3, -0.25) is 4.79 Å². The van der Waals surface area contributed by atoms with Gasteiger partial charge in [0.2, 0.25) is 0 Å². The van der Waals surface area contributed by atoms with Gasteiger partial charge in [-0.25, -0.2) is 4.79 Å². The standard InChI is InChI=1S/C22H25ClN2O4/c23-17-8-6-16(7-9-17)14-29-22(27)25-19-12-10-18(11-13-19)24-21(26)15-28-20-4-2-1-3-5-20/h1-9,18-19H,10-15H2,(H,24,26)(H,25,27). The first-order chi connectivity index (χ1) is 14.1. The molecule has 2 N–H and O–H groups in total. The molecule has 29 heavy (non-hydrogen) atoms. The lowest BCUT2D eigenvalue weighted by Crippen LogP contribution is -2.45. The van der Waals surface area contributed by atoms with Crippen molar-refractivity contribution in [1.82, 2.24) is 10.6 Å². The molecule has 2 amide bonds. The monoisotopic (exact) mass is 416 g/mol. The highest BCUT2D eigenvalue weighted by Gasteiger charge is 2.24. The Kier molecular flexibility index (Phi) is 7.76. The summed E-state index contributed by atoms with van der Waals surface area (Å²) in [6.45, 7) is 0.203. The van der Waals surface area contributed by atoms with Gasteiger partial charge < -0.3 is 20.1 Å². The van der Waals surface area contributed by atoms with Crippen LogP contribution in [0.25, 0.3) is 0 Å². The molecule has 0 bridgehead atoms. The van der Waals surface area contributed by atoms with Crippen LogP contribution in [0.4, 0.5) is 4.79 Å². The molecule has 3 rings (SSSR count). The van der Waals surface area contributed by atoms with Crippen LogP contribution in [0.3, 0.4) is 0 Å². The van der Waals surface area contributed by atoms with E-state index in [9.17, 15) is 9.59 Å². The van der Waals surface area contributed by atoms with Gasteiger partial charge in [0, 0.05) is 17.1 Å². The second kappa shape index (κ2) is 10.7. The van der Waals surface area contributed by atoms with E-state index in [4.69, 9.17) is 21.1 Å². The van der Waals surface area contributed by atoms with E-state index in [1.165, 1.54) is 0 Å². The first-order valence-electron chi connectivity index (χ1n) is 9.73. The maximum absolute atomic E-state index is 12.1. The number of para-hydroxylation sites is 1. The fourth-order valence-electron chi connectivity index (χ4n) is 3.25. The molecule has 1 aliphatic rings. The highest BCUT2D eigenvalue weighted by atomic mass is 35.5. The molecule has 1 saturated carbocycles. The predicted molar refractivity (Wildman–Crippen MR) is 111 cm³/mol. The normalized spacial score (nSPS) is 18.5. The number of benzene rings is 2. The van der Waals surface area contributed by atoms with E-state index in [0.717, 1.165) is 31.2 Å². The van der Waals surface area contributed by atoms with Crippen LogP contribution in [0.1, 0.15) is 31.2 Å². The van der Waals surface area contributed by atoms with Gasteiger partial charge in [0.05, 0.1) is 0 Å². The van der Waals surface area contributed by atoms with Crippen molar-refractivity contribution in [1.29, 1.82) is 0 Å². The minimum absolute atomic E-state index is 0.000778. The van der Waals surface area contributed by atoms with Gasteiger partial charge in [0.1, 0.15) is 12.4 Å². The van der Waals surface area contributed by atoms with Crippen molar-refractivity contribution in [3.05, 3.63) is 65.2 Å². The van der Waals surface area contributed by atoms with Crippen molar-refractivity contribution in [2.45, 2.75) is 44.4 Å². The smallest absolute Gasteiger partial charge is 0.407 e. The number of carbonyl (C=O) groups is 2. The first-order valence-corrected chi connectivity index (χ1v) is 10.1. The second-order valence-corrected chi connectivity index (χ2v) is 7.50. The third-order valence-corrected chi connectivity index (χ3v) is 5.06. The number of alkyl carbamates (subject to hydrolysis) is 1. The molecular formula is C22H25ClN2O4. The summed E-state index contributed by atoms with van der Waals surface area (Å²) >= 11 is 5.84. The summed E-state index contributed by atoms with van der Waals surface area (Å²) in [6, 6.07) is 16.6. The predicted octanol–water partition coefficient (Wildman–Crippen LogP) is 4.07. The summed E-state index contributed by atoms with van der Waals surface area (Å²) in [5.41, 5.74) is 0.883. The quantitative estimate of drug-likeness (QED) is 0.713. The molecule has 7 heteroatoms. The summed E-state index contributed by atoms with van der Waals surface area (Å²) < 4.78 is 10.7. The van der Waals surface area contributed by atoms with Crippen molar-refractivity contribution in [2.24, 2.45) is 0 Å². The molecule has 6 nitrogen and oxygen atoms in total. The molecule has 0 radical (unpaired) electrons. The Hall–Kier alpha value is -2.73. The summed E-state index contributed by atoms with van der Waals surface area (Å²) in [4.78, 5) is 24.0. The average molecular weight is 417 g/mol.